The molecule has 0 atom stereocenters. The normalized spacial score (nSPS) is 13.0. The molecule has 0 bridgehead atoms. The molecule has 0 aliphatic rings. The zero-order chi connectivity index (χ0) is 12.5. The molecule has 0 spiro atoms. The summed E-state index contributed by atoms with van der Waals surface area (Å²) in [6.07, 6.45) is -4.95. The first-order valence-corrected chi connectivity index (χ1v) is 4.47. The monoisotopic (exact) mass is 275 g/mol. The second-order valence-electron chi connectivity index (χ2n) is 2.67. The van der Waals surface area contributed by atoms with Gasteiger partial charge in [-0.25, -0.2) is 4.39 Å². The van der Waals surface area contributed by atoms with Crippen LogP contribution in [0.25, 0.3) is 0 Å². The Morgan fingerprint density at radius 2 is 1.88 bits per heavy atom. The number of hydrogen-bond donors (Lipinski definition) is 1. The molecule has 1 aromatic carbocycles. The van der Waals surface area contributed by atoms with Gasteiger partial charge >= 0.3 is 6.18 Å². The van der Waals surface area contributed by atoms with Crippen molar-refractivity contribution in [1.82, 2.24) is 0 Å². The van der Waals surface area contributed by atoms with Gasteiger partial charge in [-0.05, 0) is 12.1 Å². The van der Waals surface area contributed by atoms with Crippen molar-refractivity contribution in [2.24, 2.45) is 5.16 Å². The van der Waals surface area contributed by atoms with Crippen molar-refractivity contribution >= 4 is 28.4 Å². The fourth-order valence-electron chi connectivity index (χ4n) is 1.03. The molecule has 0 aliphatic heterocycles. The Balaban J connectivity index is 3.51. The molecule has 0 amide bonds. The molecular weight excluding hydrogens is 273 g/mol. The Bertz CT molecular complexity index is 444. The van der Waals surface area contributed by atoms with Crippen molar-refractivity contribution in [3.8, 4) is 0 Å². The van der Waals surface area contributed by atoms with E-state index in [0.717, 1.165) is 12.1 Å². The first kappa shape index (κ1) is 13.1. The van der Waals surface area contributed by atoms with Gasteiger partial charge in [-0.3, -0.25) is 0 Å². The molecule has 88 valence electrons. The van der Waals surface area contributed by atoms with Crippen LogP contribution in [0, 0.1) is 5.82 Å². The standard InChI is InChI=1S/C8H3Cl2F4NO/c9-4-2-1-3(7(10)15-16)6(11)5(4)8(12,13)14/h1-2,16H/b15-7+. The number of alkyl halides is 3. The number of benzene rings is 1. The molecule has 1 N–H and O–H groups in total. The van der Waals surface area contributed by atoms with Gasteiger partial charge in [0.25, 0.3) is 0 Å². The van der Waals surface area contributed by atoms with Gasteiger partial charge in [0.05, 0.1) is 10.6 Å². The highest BCUT2D eigenvalue weighted by Gasteiger charge is 2.38. The van der Waals surface area contributed by atoms with Crippen LogP contribution >= 0.6 is 23.2 Å². The van der Waals surface area contributed by atoms with Crippen LogP contribution in [0.2, 0.25) is 5.02 Å². The van der Waals surface area contributed by atoms with E-state index in [-0.39, 0.29) is 0 Å². The molecule has 0 heterocycles. The Morgan fingerprint density at radius 3 is 2.31 bits per heavy atom. The minimum absolute atomic E-state index is 0.680. The van der Waals surface area contributed by atoms with Crippen molar-refractivity contribution in [3.63, 3.8) is 0 Å². The van der Waals surface area contributed by atoms with Crippen LogP contribution in [0.1, 0.15) is 11.1 Å². The number of hydrogen-bond acceptors (Lipinski definition) is 2. The summed E-state index contributed by atoms with van der Waals surface area (Å²) in [5, 5.41) is 9.07. The minimum atomic E-state index is -4.95. The molecule has 0 unspecified atom stereocenters. The maximum atomic E-state index is 13.4. The maximum Gasteiger partial charge on any atom is 0.420 e. The van der Waals surface area contributed by atoms with Gasteiger partial charge in [0.1, 0.15) is 11.4 Å². The topological polar surface area (TPSA) is 32.6 Å². The third-order valence-corrected chi connectivity index (χ3v) is 2.28. The van der Waals surface area contributed by atoms with E-state index in [1.165, 1.54) is 0 Å². The summed E-state index contributed by atoms with van der Waals surface area (Å²) in [5.74, 6) is -1.68. The molecule has 0 aromatic heterocycles. The van der Waals surface area contributed by atoms with Gasteiger partial charge in [0.15, 0.2) is 5.17 Å². The fourth-order valence-corrected chi connectivity index (χ4v) is 1.42. The SMILES string of the molecule is O/N=C(/Cl)c1ccc(Cl)c(C(F)(F)F)c1F. The first-order valence-electron chi connectivity index (χ1n) is 3.72. The lowest BCUT2D eigenvalue weighted by Crippen LogP contribution is -2.12. The first-order chi connectivity index (χ1) is 7.29. The Labute approximate surface area is 97.1 Å². The van der Waals surface area contributed by atoms with Crippen molar-refractivity contribution in [2.45, 2.75) is 6.18 Å². The smallest absolute Gasteiger partial charge is 0.410 e. The van der Waals surface area contributed by atoms with Crippen LogP contribution < -0.4 is 0 Å². The van der Waals surface area contributed by atoms with E-state index in [1.54, 1.807) is 0 Å². The molecule has 8 heteroatoms. The lowest BCUT2D eigenvalue weighted by Gasteiger charge is -2.11. The number of halogens is 6. The predicted octanol–water partition coefficient (Wildman–Crippen LogP) is 3.87. The van der Waals surface area contributed by atoms with Crippen LogP contribution in [0.3, 0.4) is 0 Å². The van der Waals surface area contributed by atoms with Crippen molar-refractivity contribution in [1.29, 1.82) is 0 Å². The van der Waals surface area contributed by atoms with E-state index in [2.05, 4.69) is 5.16 Å². The third kappa shape index (κ3) is 2.38. The van der Waals surface area contributed by atoms with E-state index < -0.39 is 33.3 Å². The van der Waals surface area contributed by atoms with Crippen LogP contribution in [0.15, 0.2) is 17.3 Å². The summed E-state index contributed by atoms with van der Waals surface area (Å²) < 4.78 is 50.5. The van der Waals surface area contributed by atoms with Crippen LogP contribution in [0.4, 0.5) is 17.6 Å². The molecular formula is C8H3Cl2F4NO. The Hall–Kier alpha value is -1.01. The minimum Gasteiger partial charge on any atom is -0.410 e. The van der Waals surface area contributed by atoms with Gasteiger partial charge in [-0.1, -0.05) is 28.4 Å². The zero-order valence-electron chi connectivity index (χ0n) is 7.32. The molecule has 1 aromatic rings. The average Bonchev–Trinajstić information content (AvgIpc) is 2.14. The summed E-state index contributed by atoms with van der Waals surface area (Å²) in [6.45, 7) is 0. The molecule has 16 heavy (non-hydrogen) atoms. The molecule has 2 nitrogen and oxygen atoms in total. The molecule has 0 saturated heterocycles. The van der Waals surface area contributed by atoms with Crippen LogP contribution in [-0.2, 0) is 6.18 Å². The largest absolute Gasteiger partial charge is 0.420 e. The highest BCUT2D eigenvalue weighted by atomic mass is 35.5. The second kappa shape index (κ2) is 4.47. The molecule has 0 aliphatic carbocycles. The number of nitrogens with zero attached hydrogens (tertiary/aromatic N) is 1. The summed E-state index contributed by atoms with van der Waals surface area (Å²) >= 11 is 10.4. The van der Waals surface area contributed by atoms with Gasteiger partial charge in [-0.15, -0.1) is 0 Å². The van der Waals surface area contributed by atoms with Crippen LogP contribution in [0.5, 0.6) is 0 Å². The number of rotatable bonds is 1. The summed E-state index contributed by atoms with van der Waals surface area (Å²) in [5.41, 5.74) is -2.32. The van der Waals surface area contributed by atoms with Gasteiger partial charge in [-0.2, -0.15) is 13.2 Å². The van der Waals surface area contributed by atoms with E-state index in [4.69, 9.17) is 28.4 Å². The highest BCUT2D eigenvalue weighted by molar-refractivity contribution is 6.69. The van der Waals surface area contributed by atoms with Crippen molar-refractivity contribution in [3.05, 3.63) is 34.1 Å². The molecule has 0 radical (unpaired) electrons. The summed E-state index contributed by atoms with van der Waals surface area (Å²) in [7, 11) is 0. The lowest BCUT2D eigenvalue weighted by molar-refractivity contribution is -0.139. The Morgan fingerprint density at radius 1 is 1.31 bits per heavy atom. The molecule has 0 saturated carbocycles. The van der Waals surface area contributed by atoms with Gasteiger partial charge in [0.2, 0.25) is 0 Å². The number of oxime groups is 1. The zero-order valence-corrected chi connectivity index (χ0v) is 8.83. The lowest BCUT2D eigenvalue weighted by atomic mass is 10.1. The van der Waals surface area contributed by atoms with Crippen molar-refractivity contribution in [2.75, 3.05) is 0 Å². The van der Waals surface area contributed by atoms with E-state index in [9.17, 15) is 17.6 Å². The average molecular weight is 276 g/mol. The van der Waals surface area contributed by atoms with Gasteiger partial charge in [0, 0.05) is 0 Å². The summed E-state index contributed by atoms with van der Waals surface area (Å²) in [4.78, 5) is 0. The predicted molar refractivity (Wildman–Crippen MR) is 50.6 cm³/mol. The third-order valence-electron chi connectivity index (χ3n) is 1.68. The highest BCUT2D eigenvalue weighted by Crippen LogP contribution is 2.37. The molecule has 1 rings (SSSR count). The summed E-state index contributed by atoms with van der Waals surface area (Å²) in [6, 6.07) is 1.70. The van der Waals surface area contributed by atoms with Gasteiger partial charge < -0.3 is 5.21 Å². The van der Waals surface area contributed by atoms with E-state index in [1.807, 2.05) is 0 Å². The fraction of sp³-hybridized carbons (Fsp3) is 0.125. The van der Waals surface area contributed by atoms with E-state index in [0.29, 0.717) is 0 Å². The van der Waals surface area contributed by atoms with Crippen molar-refractivity contribution < 1.29 is 22.8 Å². The van der Waals surface area contributed by atoms with Crippen LogP contribution in [-0.4, -0.2) is 10.4 Å². The van der Waals surface area contributed by atoms with E-state index >= 15 is 0 Å². The Kier molecular flexibility index (Phi) is 3.64. The quantitative estimate of drug-likeness (QED) is 0.359. The second-order valence-corrected chi connectivity index (χ2v) is 3.44. The molecule has 0 fully saturated rings. The maximum absolute atomic E-state index is 13.4.